The predicted octanol–water partition coefficient (Wildman–Crippen LogP) is 3.53. The maximum Gasteiger partial charge on any atom is 0.101 e. The lowest BCUT2D eigenvalue weighted by atomic mass is 10.1. The molecule has 2 N–H and O–H groups in total. The van der Waals surface area contributed by atoms with Gasteiger partial charge in [0.15, 0.2) is 0 Å². The van der Waals surface area contributed by atoms with Crippen molar-refractivity contribution in [1.29, 1.82) is 5.26 Å². The van der Waals surface area contributed by atoms with Crippen LogP contribution in [0.4, 0.5) is 5.69 Å². The van der Waals surface area contributed by atoms with Gasteiger partial charge in [-0.2, -0.15) is 5.26 Å². The zero-order chi connectivity index (χ0) is 13.0. The van der Waals surface area contributed by atoms with Gasteiger partial charge in [-0.25, -0.2) is 4.98 Å². The Morgan fingerprint density at radius 2 is 2.17 bits per heavy atom. The van der Waals surface area contributed by atoms with Gasteiger partial charge in [-0.15, -0.1) is 0 Å². The van der Waals surface area contributed by atoms with E-state index in [1.807, 2.05) is 24.3 Å². The molecule has 2 aromatic rings. The van der Waals surface area contributed by atoms with E-state index in [4.69, 9.17) is 22.6 Å². The molecule has 0 saturated carbocycles. The third kappa shape index (κ3) is 3.16. The van der Waals surface area contributed by atoms with Crippen molar-refractivity contribution in [1.82, 2.24) is 4.98 Å². The van der Waals surface area contributed by atoms with Crippen molar-refractivity contribution in [2.45, 2.75) is 16.3 Å². The topological polar surface area (TPSA) is 62.7 Å². The van der Waals surface area contributed by atoms with Crippen LogP contribution in [0.15, 0.2) is 46.5 Å². The van der Waals surface area contributed by atoms with E-state index in [1.54, 1.807) is 12.3 Å². The summed E-state index contributed by atoms with van der Waals surface area (Å²) >= 11 is 7.29. The standard InChI is InChI=1S/C13H10ClN3S/c14-10-1-4-13(17-8-10)18-11-2-3-12(16)9(7-11)5-6-15/h1-4,7-8H,5,16H2. The average molecular weight is 276 g/mol. The first-order valence-corrected chi connectivity index (χ1v) is 6.43. The first-order valence-electron chi connectivity index (χ1n) is 5.24. The average Bonchev–Trinajstić information content (AvgIpc) is 2.37. The van der Waals surface area contributed by atoms with Gasteiger partial charge in [0.1, 0.15) is 5.03 Å². The summed E-state index contributed by atoms with van der Waals surface area (Å²) in [6.07, 6.45) is 1.92. The highest BCUT2D eigenvalue weighted by atomic mass is 35.5. The van der Waals surface area contributed by atoms with Gasteiger partial charge in [-0.1, -0.05) is 23.4 Å². The second-order valence-corrected chi connectivity index (χ2v) is 5.14. The predicted molar refractivity (Wildman–Crippen MR) is 73.5 cm³/mol. The van der Waals surface area contributed by atoms with Gasteiger partial charge in [0.05, 0.1) is 17.5 Å². The van der Waals surface area contributed by atoms with Crippen LogP contribution in [0.25, 0.3) is 0 Å². The van der Waals surface area contributed by atoms with E-state index in [9.17, 15) is 0 Å². The molecule has 0 atom stereocenters. The van der Waals surface area contributed by atoms with Crippen LogP contribution < -0.4 is 5.73 Å². The molecule has 0 radical (unpaired) electrons. The fourth-order valence-electron chi connectivity index (χ4n) is 1.43. The van der Waals surface area contributed by atoms with Crippen molar-refractivity contribution in [3.63, 3.8) is 0 Å². The highest BCUT2D eigenvalue weighted by molar-refractivity contribution is 7.99. The summed E-state index contributed by atoms with van der Waals surface area (Å²) in [6.45, 7) is 0. The summed E-state index contributed by atoms with van der Waals surface area (Å²) < 4.78 is 0. The zero-order valence-electron chi connectivity index (χ0n) is 9.43. The quantitative estimate of drug-likeness (QED) is 0.871. The maximum atomic E-state index is 8.72. The molecule has 2 rings (SSSR count). The van der Waals surface area contributed by atoms with E-state index in [0.717, 1.165) is 15.5 Å². The number of hydrogen-bond acceptors (Lipinski definition) is 4. The second kappa shape index (κ2) is 5.76. The van der Waals surface area contributed by atoms with E-state index < -0.39 is 0 Å². The lowest BCUT2D eigenvalue weighted by Crippen LogP contribution is -1.93. The zero-order valence-corrected chi connectivity index (χ0v) is 11.0. The van der Waals surface area contributed by atoms with Crippen LogP contribution in [0.2, 0.25) is 5.02 Å². The fraction of sp³-hybridized carbons (Fsp3) is 0.0769. The number of halogens is 1. The van der Waals surface area contributed by atoms with E-state index in [2.05, 4.69) is 11.1 Å². The first-order chi connectivity index (χ1) is 8.69. The number of rotatable bonds is 3. The summed E-state index contributed by atoms with van der Waals surface area (Å²) in [6, 6.07) is 11.4. The smallest absolute Gasteiger partial charge is 0.101 e. The molecule has 0 amide bonds. The molecule has 0 bridgehead atoms. The Hall–Kier alpha value is -1.70. The van der Waals surface area contributed by atoms with Crippen molar-refractivity contribution < 1.29 is 0 Å². The molecule has 3 nitrogen and oxygen atoms in total. The van der Waals surface area contributed by atoms with Crippen molar-refractivity contribution in [2.24, 2.45) is 0 Å². The van der Waals surface area contributed by atoms with Gasteiger partial charge < -0.3 is 5.73 Å². The number of aromatic nitrogens is 1. The van der Waals surface area contributed by atoms with Gasteiger partial charge in [-0.05, 0) is 35.9 Å². The molecule has 0 aliphatic heterocycles. The SMILES string of the molecule is N#CCc1cc(Sc2ccc(Cl)cn2)ccc1N. The van der Waals surface area contributed by atoms with Crippen LogP contribution in [-0.4, -0.2) is 4.98 Å². The third-order valence-electron chi connectivity index (χ3n) is 2.31. The van der Waals surface area contributed by atoms with Crippen LogP contribution in [0, 0.1) is 11.3 Å². The summed E-state index contributed by atoms with van der Waals surface area (Å²) in [5.41, 5.74) is 7.28. The van der Waals surface area contributed by atoms with E-state index in [1.165, 1.54) is 11.8 Å². The fourth-order valence-corrected chi connectivity index (χ4v) is 2.36. The Morgan fingerprint density at radius 1 is 1.33 bits per heavy atom. The molecular formula is C13H10ClN3S. The van der Waals surface area contributed by atoms with Crippen LogP contribution in [0.3, 0.4) is 0 Å². The Balaban J connectivity index is 2.22. The monoisotopic (exact) mass is 275 g/mol. The lowest BCUT2D eigenvalue weighted by molar-refractivity contribution is 1.13. The third-order valence-corrected chi connectivity index (χ3v) is 3.47. The second-order valence-electron chi connectivity index (χ2n) is 3.61. The first kappa shape index (κ1) is 12.7. The molecule has 1 aromatic heterocycles. The van der Waals surface area contributed by atoms with Crippen LogP contribution >= 0.6 is 23.4 Å². The summed E-state index contributed by atoms with van der Waals surface area (Å²) in [5, 5.41) is 10.2. The van der Waals surface area contributed by atoms with Gasteiger partial charge in [0, 0.05) is 16.8 Å². The molecule has 1 heterocycles. The molecule has 0 aliphatic carbocycles. The van der Waals surface area contributed by atoms with Gasteiger partial charge in [0.25, 0.3) is 0 Å². The number of nitrogens with zero attached hydrogens (tertiary/aromatic N) is 2. The summed E-state index contributed by atoms with van der Waals surface area (Å²) in [7, 11) is 0. The minimum Gasteiger partial charge on any atom is -0.398 e. The minimum atomic E-state index is 0.314. The molecule has 0 spiro atoms. The summed E-state index contributed by atoms with van der Waals surface area (Å²) in [4.78, 5) is 5.21. The van der Waals surface area contributed by atoms with E-state index in [-0.39, 0.29) is 0 Å². The number of nitrogens with two attached hydrogens (primary N) is 1. The van der Waals surface area contributed by atoms with Crippen LogP contribution in [-0.2, 0) is 6.42 Å². The Bertz CT molecular complexity index is 590. The van der Waals surface area contributed by atoms with Crippen molar-refractivity contribution in [2.75, 3.05) is 5.73 Å². The number of nitrogen functional groups attached to an aromatic ring is 1. The maximum absolute atomic E-state index is 8.72. The molecule has 90 valence electrons. The number of benzene rings is 1. The number of pyridine rings is 1. The summed E-state index contributed by atoms with van der Waals surface area (Å²) in [5.74, 6) is 0. The highest BCUT2D eigenvalue weighted by Crippen LogP contribution is 2.29. The molecule has 0 aliphatic rings. The largest absolute Gasteiger partial charge is 0.398 e. The molecule has 0 unspecified atom stereocenters. The van der Waals surface area contributed by atoms with Crippen molar-refractivity contribution >= 4 is 29.1 Å². The van der Waals surface area contributed by atoms with Gasteiger partial charge in [0.2, 0.25) is 0 Å². The van der Waals surface area contributed by atoms with Crippen LogP contribution in [0.1, 0.15) is 5.56 Å². The molecular weight excluding hydrogens is 266 g/mol. The Labute approximate surface area is 115 Å². The molecule has 18 heavy (non-hydrogen) atoms. The number of nitriles is 1. The Morgan fingerprint density at radius 3 is 2.83 bits per heavy atom. The molecule has 1 aromatic carbocycles. The number of hydrogen-bond donors (Lipinski definition) is 1. The van der Waals surface area contributed by atoms with Gasteiger partial charge >= 0.3 is 0 Å². The molecule has 0 saturated heterocycles. The van der Waals surface area contributed by atoms with Crippen molar-refractivity contribution in [3.8, 4) is 6.07 Å². The molecule has 0 fully saturated rings. The van der Waals surface area contributed by atoms with E-state index >= 15 is 0 Å². The molecule has 5 heteroatoms. The minimum absolute atomic E-state index is 0.314. The van der Waals surface area contributed by atoms with Gasteiger partial charge in [-0.3, -0.25) is 0 Å². The van der Waals surface area contributed by atoms with E-state index in [0.29, 0.717) is 17.1 Å². The highest BCUT2D eigenvalue weighted by Gasteiger charge is 2.03. The lowest BCUT2D eigenvalue weighted by Gasteiger charge is -2.05. The van der Waals surface area contributed by atoms with Crippen LogP contribution in [0.5, 0.6) is 0 Å². The normalized spacial score (nSPS) is 10.0. The Kier molecular flexibility index (Phi) is 4.08. The number of anilines is 1. The van der Waals surface area contributed by atoms with Crippen molar-refractivity contribution in [3.05, 3.63) is 47.1 Å².